The number of ether oxygens (including phenoxy) is 2. The van der Waals surface area contributed by atoms with E-state index in [4.69, 9.17) is 9.47 Å². The number of epoxide rings is 1. The standard InChI is InChI=1S/C8H14O4S/c1-7(9)3-4-11-8(5-12-8)6-13(2)10/h3-6H2,1-2H3. The Kier molecular flexibility index (Phi) is 3.58. The number of hydrogen-bond donors (Lipinski definition) is 0. The molecule has 0 aliphatic carbocycles. The van der Waals surface area contributed by atoms with E-state index in [9.17, 15) is 9.00 Å². The van der Waals surface area contributed by atoms with E-state index in [1.807, 2.05) is 0 Å². The summed E-state index contributed by atoms with van der Waals surface area (Å²) in [6.07, 6.45) is 2.00. The monoisotopic (exact) mass is 206 g/mol. The molecule has 1 aliphatic rings. The topological polar surface area (TPSA) is 55.9 Å². The van der Waals surface area contributed by atoms with Crippen LogP contribution in [0.2, 0.25) is 0 Å². The predicted molar refractivity (Wildman–Crippen MR) is 48.9 cm³/mol. The fraction of sp³-hybridized carbons (Fsp3) is 0.875. The molecule has 1 rings (SSSR count). The lowest BCUT2D eigenvalue weighted by atomic mass is 10.3. The van der Waals surface area contributed by atoms with Crippen molar-refractivity contribution in [1.29, 1.82) is 0 Å². The molecule has 13 heavy (non-hydrogen) atoms. The van der Waals surface area contributed by atoms with Crippen LogP contribution in [0.4, 0.5) is 0 Å². The lowest BCUT2D eigenvalue weighted by molar-refractivity contribution is -0.119. The van der Waals surface area contributed by atoms with Gasteiger partial charge in [0.2, 0.25) is 5.79 Å². The van der Waals surface area contributed by atoms with E-state index in [0.717, 1.165) is 0 Å². The van der Waals surface area contributed by atoms with Crippen LogP contribution >= 0.6 is 0 Å². The second kappa shape index (κ2) is 4.30. The third-order valence-electron chi connectivity index (χ3n) is 1.71. The Bertz CT molecular complexity index is 222. The van der Waals surface area contributed by atoms with E-state index < -0.39 is 16.6 Å². The Labute approximate surface area is 80.1 Å². The van der Waals surface area contributed by atoms with Crippen LogP contribution in [0.15, 0.2) is 0 Å². The first-order chi connectivity index (χ1) is 6.04. The van der Waals surface area contributed by atoms with Crippen molar-refractivity contribution in [3.63, 3.8) is 0 Å². The maximum Gasteiger partial charge on any atom is 0.203 e. The summed E-state index contributed by atoms with van der Waals surface area (Å²) in [5.41, 5.74) is 0. The van der Waals surface area contributed by atoms with E-state index in [1.165, 1.54) is 6.92 Å². The first-order valence-electron chi connectivity index (χ1n) is 4.11. The van der Waals surface area contributed by atoms with Crippen molar-refractivity contribution in [2.75, 3.05) is 25.2 Å². The predicted octanol–water partition coefficient (Wildman–Crippen LogP) is 0.0871. The number of rotatable bonds is 6. The van der Waals surface area contributed by atoms with Crippen LogP contribution < -0.4 is 0 Å². The van der Waals surface area contributed by atoms with Crippen molar-refractivity contribution in [2.24, 2.45) is 0 Å². The molecule has 1 aliphatic heterocycles. The van der Waals surface area contributed by atoms with Gasteiger partial charge in [-0.05, 0) is 6.92 Å². The van der Waals surface area contributed by atoms with Crippen molar-refractivity contribution in [2.45, 2.75) is 19.1 Å². The van der Waals surface area contributed by atoms with Crippen molar-refractivity contribution in [1.82, 2.24) is 0 Å². The minimum absolute atomic E-state index is 0.0911. The molecule has 4 nitrogen and oxygen atoms in total. The highest BCUT2D eigenvalue weighted by Crippen LogP contribution is 2.29. The van der Waals surface area contributed by atoms with Crippen LogP contribution in [-0.4, -0.2) is 41.0 Å². The van der Waals surface area contributed by atoms with Gasteiger partial charge in [-0.1, -0.05) is 0 Å². The van der Waals surface area contributed by atoms with Crippen LogP contribution in [0.5, 0.6) is 0 Å². The third kappa shape index (κ3) is 3.97. The van der Waals surface area contributed by atoms with E-state index in [1.54, 1.807) is 6.26 Å². The fourth-order valence-electron chi connectivity index (χ4n) is 0.979. The molecule has 0 bridgehead atoms. The summed E-state index contributed by atoms with van der Waals surface area (Å²) in [4.78, 5) is 10.6. The average Bonchev–Trinajstić information content (AvgIpc) is 2.66. The molecule has 0 saturated carbocycles. The van der Waals surface area contributed by atoms with Gasteiger partial charge in [-0.3, -0.25) is 9.00 Å². The van der Waals surface area contributed by atoms with Gasteiger partial charge in [0, 0.05) is 23.5 Å². The van der Waals surface area contributed by atoms with Crippen LogP contribution in [0, 0.1) is 0 Å². The van der Waals surface area contributed by atoms with Crippen molar-refractivity contribution in [3.8, 4) is 0 Å². The summed E-state index contributed by atoms with van der Waals surface area (Å²) < 4.78 is 21.3. The van der Waals surface area contributed by atoms with Gasteiger partial charge in [0.05, 0.1) is 12.4 Å². The molecule has 0 spiro atoms. The molecular formula is C8H14O4S. The second-order valence-corrected chi connectivity index (χ2v) is 4.65. The zero-order valence-corrected chi connectivity index (χ0v) is 8.69. The van der Waals surface area contributed by atoms with E-state index in [-0.39, 0.29) is 5.78 Å². The molecule has 76 valence electrons. The van der Waals surface area contributed by atoms with Gasteiger partial charge >= 0.3 is 0 Å². The lowest BCUT2D eigenvalue weighted by Gasteiger charge is -2.10. The van der Waals surface area contributed by atoms with Crippen LogP contribution in [0.1, 0.15) is 13.3 Å². The largest absolute Gasteiger partial charge is 0.347 e. The molecule has 1 heterocycles. The number of carbonyl (C=O) groups excluding carboxylic acids is 1. The molecule has 0 aromatic carbocycles. The van der Waals surface area contributed by atoms with E-state index in [0.29, 0.717) is 25.4 Å². The molecule has 0 amide bonds. The number of ketones is 1. The minimum atomic E-state index is -0.922. The van der Waals surface area contributed by atoms with Crippen molar-refractivity contribution >= 4 is 16.6 Å². The number of hydrogen-bond acceptors (Lipinski definition) is 4. The van der Waals surface area contributed by atoms with Crippen LogP contribution in [0.3, 0.4) is 0 Å². The smallest absolute Gasteiger partial charge is 0.203 e. The van der Waals surface area contributed by atoms with Crippen LogP contribution in [0.25, 0.3) is 0 Å². The zero-order valence-electron chi connectivity index (χ0n) is 7.87. The zero-order chi connectivity index (χ0) is 9.90. The van der Waals surface area contributed by atoms with E-state index in [2.05, 4.69) is 0 Å². The first-order valence-corrected chi connectivity index (χ1v) is 5.84. The average molecular weight is 206 g/mol. The third-order valence-corrected chi connectivity index (χ3v) is 2.56. The molecule has 2 unspecified atom stereocenters. The Morgan fingerprint density at radius 1 is 1.69 bits per heavy atom. The molecule has 5 heteroatoms. The molecule has 0 aromatic heterocycles. The summed E-state index contributed by atoms with van der Waals surface area (Å²) in [5.74, 6) is -0.159. The maximum atomic E-state index is 10.9. The molecule has 1 saturated heterocycles. The summed E-state index contributed by atoms with van der Waals surface area (Å²) in [6.45, 7) is 2.36. The summed E-state index contributed by atoms with van der Waals surface area (Å²) in [5, 5.41) is 0. The normalized spacial score (nSPS) is 28.5. The van der Waals surface area contributed by atoms with Gasteiger partial charge in [-0.25, -0.2) is 0 Å². The highest BCUT2D eigenvalue weighted by molar-refractivity contribution is 7.84. The Morgan fingerprint density at radius 3 is 2.69 bits per heavy atom. The van der Waals surface area contributed by atoms with Gasteiger partial charge < -0.3 is 9.47 Å². The molecule has 2 atom stereocenters. The maximum absolute atomic E-state index is 10.9. The molecular weight excluding hydrogens is 192 g/mol. The van der Waals surface area contributed by atoms with Gasteiger partial charge in [0.15, 0.2) is 0 Å². The summed E-state index contributed by atoms with van der Waals surface area (Å²) >= 11 is 0. The van der Waals surface area contributed by atoms with Crippen molar-refractivity contribution in [3.05, 3.63) is 0 Å². The van der Waals surface area contributed by atoms with E-state index >= 15 is 0 Å². The molecule has 0 aromatic rings. The summed E-state index contributed by atoms with van der Waals surface area (Å²) in [7, 11) is -0.922. The molecule has 1 fully saturated rings. The Balaban J connectivity index is 2.20. The SMILES string of the molecule is CC(=O)CCOC1(CS(C)=O)CO1. The number of Topliss-reactive ketones (excluding diaryl/α,β-unsaturated/α-hetero) is 1. The number of carbonyl (C=O) groups is 1. The first kappa shape index (κ1) is 10.8. The van der Waals surface area contributed by atoms with Gasteiger partial charge in [0.25, 0.3) is 0 Å². The van der Waals surface area contributed by atoms with Gasteiger partial charge in [0.1, 0.15) is 12.4 Å². The quantitative estimate of drug-likeness (QED) is 0.578. The van der Waals surface area contributed by atoms with Gasteiger partial charge in [-0.2, -0.15) is 0 Å². The Hall–Kier alpha value is -0.260. The fourth-order valence-corrected chi connectivity index (χ4v) is 1.85. The lowest BCUT2D eigenvalue weighted by Crippen LogP contribution is -2.25. The Morgan fingerprint density at radius 2 is 2.31 bits per heavy atom. The molecule has 0 radical (unpaired) electrons. The second-order valence-electron chi connectivity index (χ2n) is 3.22. The highest BCUT2D eigenvalue weighted by atomic mass is 32.2. The van der Waals surface area contributed by atoms with Crippen LogP contribution in [-0.2, 0) is 25.1 Å². The van der Waals surface area contributed by atoms with Crippen molar-refractivity contribution < 1.29 is 18.5 Å². The minimum Gasteiger partial charge on any atom is -0.347 e. The van der Waals surface area contributed by atoms with Gasteiger partial charge in [-0.15, -0.1) is 0 Å². The highest BCUT2D eigenvalue weighted by Gasteiger charge is 2.47. The summed E-state index contributed by atoms with van der Waals surface area (Å²) in [6, 6.07) is 0. The molecule has 0 N–H and O–H groups in total.